The van der Waals surface area contributed by atoms with Gasteiger partial charge in [-0.2, -0.15) is 5.10 Å². The second-order valence-corrected chi connectivity index (χ2v) is 6.62. The van der Waals surface area contributed by atoms with Crippen molar-refractivity contribution in [1.29, 1.82) is 0 Å². The van der Waals surface area contributed by atoms with Crippen LogP contribution in [-0.2, 0) is 7.05 Å². The van der Waals surface area contributed by atoms with E-state index in [0.29, 0.717) is 5.56 Å². The summed E-state index contributed by atoms with van der Waals surface area (Å²) in [6.07, 6.45) is 7.94. The van der Waals surface area contributed by atoms with Crippen LogP contribution >= 0.6 is 0 Å². The quantitative estimate of drug-likeness (QED) is 0.728. The van der Waals surface area contributed by atoms with Crippen molar-refractivity contribution >= 4 is 11.7 Å². The lowest BCUT2D eigenvalue weighted by atomic mass is 10.1. The minimum atomic E-state index is -0.106. The normalized spacial score (nSPS) is 11.9. The molecule has 1 unspecified atom stereocenters. The third-order valence-electron chi connectivity index (χ3n) is 4.36. The molecule has 0 saturated carbocycles. The molecule has 3 aromatic rings. The highest BCUT2D eigenvalue weighted by molar-refractivity contribution is 5.94. The molecule has 140 valence electrons. The maximum Gasteiger partial charge on any atom is 0.251 e. The van der Waals surface area contributed by atoms with E-state index in [-0.39, 0.29) is 11.9 Å². The summed E-state index contributed by atoms with van der Waals surface area (Å²) in [5.74, 6) is 0.682. The first-order valence-electron chi connectivity index (χ1n) is 8.87. The first-order chi connectivity index (χ1) is 13.0. The van der Waals surface area contributed by atoms with E-state index in [4.69, 9.17) is 0 Å². The molecule has 2 aromatic heterocycles. The van der Waals surface area contributed by atoms with Crippen LogP contribution in [0.25, 0.3) is 11.3 Å². The third kappa shape index (κ3) is 4.31. The van der Waals surface area contributed by atoms with Gasteiger partial charge in [0.2, 0.25) is 0 Å². The van der Waals surface area contributed by atoms with E-state index in [9.17, 15) is 4.79 Å². The first kappa shape index (κ1) is 18.6. The average Bonchev–Trinajstić information content (AvgIpc) is 3.12. The van der Waals surface area contributed by atoms with Gasteiger partial charge in [0.05, 0.1) is 30.3 Å². The number of aryl methyl sites for hydroxylation is 1. The SMILES string of the molecule is CCC(NC(=O)c1ccc(-c2cncc(N(C)C)n2)cc1)c1cnn(C)c1. The summed E-state index contributed by atoms with van der Waals surface area (Å²) in [5, 5.41) is 7.25. The largest absolute Gasteiger partial charge is 0.361 e. The number of hydrogen-bond acceptors (Lipinski definition) is 5. The lowest BCUT2D eigenvalue weighted by Crippen LogP contribution is -2.27. The fourth-order valence-corrected chi connectivity index (χ4v) is 2.79. The Morgan fingerprint density at radius 2 is 1.93 bits per heavy atom. The summed E-state index contributed by atoms with van der Waals surface area (Å²) < 4.78 is 1.74. The van der Waals surface area contributed by atoms with Crippen molar-refractivity contribution in [1.82, 2.24) is 25.1 Å². The minimum absolute atomic E-state index is 0.0616. The van der Waals surface area contributed by atoms with Crippen molar-refractivity contribution in [2.45, 2.75) is 19.4 Å². The molecule has 1 N–H and O–H groups in total. The van der Waals surface area contributed by atoms with Crippen molar-refractivity contribution in [2.24, 2.45) is 7.05 Å². The van der Waals surface area contributed by atoms with E-state index in [0.717, 1.165) is 29.1 Å². The molecule has 0 aliphatic rings. The van der Waals surface area contributed by atoms with E-state index >= 15 is 0 Å². The Balaban J connectivity index is 1.74. The van der Waals surface area contributed by atoms with Crippen LogP contribution in [0.15, 0.2) is 49.1 Å². The summed E-state index contributed by atoms with van der Waals surface area (Å²) in [7, 11) is 5.71. The number of aromatic nitrogens is 4. The van der Waals surface area contributed by atoms with Gasteiger partial charge in [-0.3, -0.25) is 14.5 Å². The predicted octanol–water partition coefficient (Wildman–Crippen LogP) is 2.82. The fourth-order valence-electron chi connectivity index (χ4n) is 2.79. The molecule has 0 radical (unpaired) electrons. The number of carbonyl (C=O) groups is 1. The zero-order valence-corrected chi connectivity index (χ0v) is 16.0. The molecule has 0 aliphatic carbocycles. The van der Waals surface area contributed by atoms with Crippen molar-refractivity contribution < 1.29 is 4.79 Å². The highest BCUT2D eigenvalue weighted by Crippen LogP contribution is 2.20. The molecular formula is C20H24N6O. The second-order valence-electron chi connectivity index (χ2n) is 6.62. The van der Waals surface area contributed by atoms with Gasteiger partial charge in [0.25, 0.3) is 5.91 Å². The molecule has 1 amide bonds. The lowest BCUT2D eigenvalue weighted by molar-refractivity contribution is 0.0935. The van der Waals surface area contributed by atoms with Gasteiger partial charge in [-0.05, 0) is 18.6 Å². The highest BCUT2D eigenvalue weighted by atomic mass is 16.1. The molecule has 27 heavy (non-hydrogen) atoms. The summed E-state index contributed by atoms with van der Waals surface area (Å²) in [6.45, 7) is 2.04. The van der Waals surface area contributed by atoms with Crippen molar-refractivity contribution in [3.63, 3.8) is 0 Å². The number of hydrogen-bond donors (Lipinski definition) is 1. The molecular weight excluding hydrogens is 340 g/mol. The smallest absolute Gasteiger partial charge is 0.251 e. The monoisotopic (exact) mass is 364 g/mol. The van der Waals surface area contributed by atoms with Crippen LogP contribution in [0.4, 0.5) is 5.82 Å². The Bertz CT molecular complexity index is 916. The van der Waals surface area contributed by atoms with Crippen LogP contribution in [0, 0.1) is 0 Å². The Morgan fingerprint density at radius 1 is 1.19 bits per heavy atom. The molecule has 7 nitrogen and oxygen atoms in total. The van der Waals surface area contributed by atoms with Crippen LogP contribution in [0.3, 0.4) is 0 Å². The molecule has 7 heteroatoms. The van der Waals surface area contributed by atoms with E-state index < -0.39 is 0 Å². The van der Waals surface area contributed by atoms with Crippen molar-refractivity contribution in [2.75, 3.05) is 19.0 Å². The van der Waals surface area contributed by atoms with Crippen molar-refractivity contribution in [3.8, 4) is 11.3 Å². The number of carbonyl (C=O) groups excluding carboxylic acids is 1. The van der Waals surface area contributed by atoms with Crippen LogP contribution < -0.4 is 10.2 Å². The van der Waals surface area contributed by atoms with Gasteiger partial charge in [-0.1, -0.05) is 19.1 Å². The van der Waals surface area contributed by atoms with E-state index in [2.05, 4.69) is 20.4 Å². The molecule has 0 saturated heterocycles. The number of benzene rings is 1. The van der Waals surface area contributed by atoms with Crippen LogP contribution in [0.1, 0.15) is 35.3 Å². The molecule has 1 aromatic carbocycles. The third-order valence-corrected chi connectivity index (χ3v) is 4.36. The average molecular weight is 364 g/mol. The van der Waals surface area contributed by atoms with Gasteiger partial charge >= 0.3 is 0 Å². The number of anilines is 1. The van der Waals surface area contributed by atoms with E-state index in [1.54, 1.807) is 23.3 Å². The zero-order valence-electron chi connectivity index (χ0n) is 16.0. The maximum absolute atomic E-state index is 12.6. The molecule has 1 atom stereocenters. The Kier molecular flexibility index (Phi) is 5.49. The number of nitrogens with zero attached hydrogens (tertiary/aromatic N) is 5. The minimum Gasteiger partial charge on any atom is -0.361 e. The van der Waals surface area contributed by atoms with E-state index in [1.807, 2.05) is 63.4 Å². The van der Waals surface area contributed by atoms with Gasteiger partial charge in [-0.15, -0.1) is 0 Å². The maximum atomic E-state index is 12.6. The Morgan fingerprint density at radius 3 is 2.52 bits per heavy atom. The van der Waals surface area contributed by atoms with Crippen LogP contribution in [0.2, 0.25) is 0 Å². The summed E-state index contributed by atoms with van der Waals surface area (Å²) in [5.41, 5.74) is 3.30. The molecule has 3 rings (SSSR count). The van der Waals surface area contributed by atoms with Gasteiger partial charge in [-0.25, -0.2) is 4.98 Å². The lowest BCUT2D eigenvalue weighted by Gasteiger charge is -2.15. The van der Waals surface area contributed by atoms with Crippen LogP contribution in [0.5, 0.6) is 0 Å². The summed E-state index contributed by atoms with van der Waals surface area (Å²) in [4.78, 5) is 23.3. The Labute approximate surface area is 159 Å². The topological polar surface area (TPSA) is 75.9 Å². The number of nitrogens with one attached hydrogen (secondary N) is 1. The molecule has 0 aliphatic heterocycles. The molecule has 2 heterocycles. The fraction of sp³-hybridized carbons (Fsp3) is 0.300. The van der Waals surface area contributed by atoms with Gasteiger partial charge in [0.1, 0.15) is 5.82 Å². The molecule has 0 bridgehead atoms. The molecule has 0 fully saturated rings. The van der Waals surface area contributed by atoms with Gasteiger partial charge in [0, 0.05) is 44.0 Å². The number of amides is 1. The number of rotatable bonds is 6. The van der Waals surface area contributed by atoms with Crippen LogP contribution in [-0.4, -0.2) is 39.8 Å². The van der Waals surface area contributed by atoms with Crippen molar-refractivity contribution in [3.05, 3.63) is 60.2 Å². The highest BCUT2D eigenvalue weighted by Gasteiger charge is 2.15. The standard InChI is InChI=1S/C20H24N6O/c1-5-17(16-10-22-26(4)13-16)24-20(27)15-8-6-14(7-9-15)18-11-21-12-19(23-18)25(2)3/h6-13,17H,5H2,1-4H3,(H,24,27). The second kappa shape index (κ2) is 7.99. The van der Waals surface area contributed by atoms with E-state index in [1.165, 1.54) is 0 Å². The molecule has 0 spiro atoms. The predicted molar refractivity (Wildman–Crippen MR) is 106 cm³/mol. The summed E-state index contributed by atoms with van der Waals surface area (Å²) >= 11 is 0. The first-order valence-corrected chi connectivity index (χ1v) is 8.87. The van der Waals surface area contributed by atoms with Gasteiger partial charge < -0.3 is 10.2 Å². The summed E-state index contributed by atoms with van der Waals surface area (Å²) in [6, 6.07) is 7.34. The Hall–Kier alpha value is -3.22. The van der Waals surface area contributed by atoms with Gasteiger partial charge in [0.15, 0.2) is 0 Å². The zero-order chi connectivity index (χ0) is 19.4.